The molecule has 0 spiro atoms. The topological polar surface area (TPSA) is 32.3 Å². The average molecular weight is 537 g/mol. The second-order valence-corrected chi connectivity index (χ2v) is 12.5. The number of nitrogens with zero attached hydrogens (tertiary/aromatic N) is 1. The predicted molar refractivity (Wildman–Crippen MR) is 147 cm³/mol. The maximum atomic E-state index is 15.9. The third kappa shape index (κ3) is 4.12. The van der Waals surface area contributed by atoms with Crippen LogP contribution in [0.25, 0.3) is 16.3 Å². The molecule has 6 rings (SSSR count). The number of halogens is 4. The van der Waals surface area contributed by atoms with Crippen molar-refractivity contribution >= 4 is 33.5 Å². The molecule has 0 bridgehead atoms. The lowest BCUT2D eigenvalue weighted by Crippen LogP contribution is -2.40. The summed E-state index contributed by atoms with van der Waals surface area (Å²) in [6, 6.07) is 10.1. The van der Waals surface area contributed by atoms with Crippen LogP contribution in [0.2, 0.25) is 0 Å². The first kappa shape index (κ1) is 25.9. The standard InChI is InChI=1S/C32H32F4N2O/c1-16-11-17(2)15-38(14-16)31-28(35)26(33)25(27(34)29(31)36)30-24-20(12-32(3,4)13-22(24)39)23-19-8-6-5-7-18(19)9-10-21(23)37-30/h5-10,16-17,30,37H,11-15H2,1-4H3/t16-,17+,30-/m0/s1. The average Bonchev–Trinajstić information content (AvgIpc) is 2.86. The summed E-state index contributed by atoms with van der Waals surface area (Å²) >= 11 is 0. The van der Waals surface area contributed by atoms with Gasteiger partial charge in [-0.3, -0.25) is 4.79 Å². The molecule has 0 radical (unpaired) electrons. The van der Waals surface area contributed by atoms with E-state index in [-0.39, 0.29) is 35.0 Å². The van der Waals surface area contributed by atoms with Crippen molar-refractivity contribution in [1.29, 1.82) is 0 Å². The van der Waals surface area contributed by atoms with Crippen molar-refractivity contribution in [3.8, 4) is 0 Å². The zero-order chi connectivity index (χ0) is 27.8. The number of ketones is 1. The molecule has 1 saturated heterocycles. The lowest BCUT2D eigenvalue weighted by atomic mass is 9.67. The molecule has 0 amide bonds. The van der Waals surface area contributed by atoms with Crippen LogP contribution in [-0.4, -0.2) is 18.9 Å². The predicted octanol–water partition coefficient (Wildman–Crippen LogP) is 8.19. The Morgan fingerprint density at radius 1 is 0.872 bits per heavy atom. The van der Waals surface area contributed by atoms with Gasteiger partial charge in [-0.1, -0.05) is 58.0 Å². The Hall–Kier alpha value is -3.35. The molecule has 3 aromatic rings. The van der Waals surface area contributed by atoms with Gasteiger partial charge in [-0.2, -0.15) is 0 Å². The number of allylic oxidation sites excluding steroid dienone is 1. The van der Waals surface area contributed by atoms with Crippen LogP contribution in [0.3, 0.4) is 0 Å². The number of fused-ring (bicyclic) bond motifs is 4. The van der Waals surface area contributed by atoms with Crippen LogP contribution in [0, 0.1) is 40.5 Å². The Labute approximate surface area is 225 Å². The van der Waals surface area contributed by atoms with E-state index in [0.717, 1.165) is 22.8 Å². The lowest BCUT2D eigenvalue weighted by molar-refractivity contribution is -0.118. The van der Waals surface area contributed by atoms with Crippen molar-refractivity contribution in [2.24, 2.45) is 17.3 Å². The Morgan fingerprint density at radius 3 is 2.18 bits per heavy atom. The highest BCUT2D eigenvalue weighted by atomic mass is 19.2. The van der Waals surface area contributed by atoms with Crippen molar-refractivity contribution in [2.45, 2.75) is 53.0 Å². The van der Waals surface area contributed by atoms with Crippen LogP contribution >= 0.6 is 0 Å². The van der Waals surface area contributed by atoms with Gasteiger partial charge in [0.25, 0.3) is 0 Å². The quantitative estimate of drug-likeness (QED) is 0.265. The van der Waals surface area contributed by atoms with Gasteiger partial charge < -0.3 is 10.2 Å². The van der Waals surface area contributed by atoms with E-state index in [2.05, 4.69) is 5.32 Å². The largest absolute Gasteiger partial charge is 0.373 e. The van der Waals surface area contributed by atoms with E-state index in [9.17, 15) is 4.79 Å². The fourth-order valence-electron chi connectivity index (χ4n) is 7.07. The number of carbonyl (C=O) groups is 1. The first-order valence-corrected chi connectivity index (χ1v) is 13.6. The number of hydrogen-bond acceptors (Lipinski definition) is 3. The van der Waals surface area contributed by atoms with Crippen LogP contribution < -0.4 is 10.2 Å². The Bertz CT molecular complexity index is 1520. The fourth-order valence-corrected chi connectivity index (χ4v) is 7.07. The van der Waals surface area contributed by atoms with Gasteiger partial charge in [0.05, 0.1) is 11.6 Å². The minimum Gasteiger partial charge on any atom is -0.373 e. The minimum atomic E-state index is -1.46. The van der Waals surface area contributed by atoms with E-state index in [1.807, 2.05) is 58.0 Å². The molecule has 3 aliphatic rings. The summed E-state index contributed by atoms with van der Waals surface area (Å²) in [4.78, 5) is 15.0. The van der Waals surface area contributed by atoms with Gasteiger partial charge in [0.2, 0.25) is 0 Å². The zero-order valence-electron chi connectivity index (χ0n) is 22.6. The highest BCUT2D eigenvalue weighted by Gasteiger charge is 2.44. The van der Waals surface area contributed by atoms with Gasteiger partial charge in [0, 0.05) is 36.3 Å². The summed E-state index contributed by atoms with van der Waals surface area (Å²) in [7, 11) is 0. The van der Waals surface area contributed by atoms with Crippen LogP contribution in [0.5, 0.6) is 0 Å². The molecule has 3 aromatic carbocycles. The van der Waals surface area contributed by atoms with E-state index in [1.165, 1.54) is 4.90 Å². The highest BCUT2D eigenvalue weighted by Crippen LogP contribution is 2.53. The number of anilines is 2. The molecule has 3 atom stereocenters. The molecule has 0 saturated carbocycles. The molecule has 1 aliphatic carbocycles. The maximum absolute atomic E-state index is 15.9. The second-order valence-electron chi connectivity index (χ2n) is 12.5. The van der Waals surface area contributed by atoms with Crippen molar-refractivity contribution in [3.05, 3.63) is 76.4 Å². The van der Waals surface area contributed by atoms with Crippen molar-refractivity contribution < 1.29 is 22.4 Å². The molecular formula is C32H32F4N2O. The second kappa shape index (κ2) is 9.10. The first-order valence-electron chi connectivity index (χ1n) is 13.6. The van der Waals surface area contributed by atoms with Gasteiger partial charge in [-0.05, 0) is 52.5 Å². The van der Waals surface area contributed by atoms with E-state index >= 15 is 17.6 Å². The molecule has 0 aromatic heterocycles. The monoisotopic (exact) mass is 536 g/mol. The number of Topliss-reactive ketones (excluding diaryl/α,β-unsaturated/α-hetero) is 1. The number of carbonyl (C=O) groups excluding carboxylic acids is 1. The van der Waals surface area contributed by atoms with E-state index in [4.69, 9.17) is 0 Å². The minimum absolute atomic E-state index is 0.126. The number of rotatable bonds is 2. The normalized spacial score (nSPS) is 24.5. The molecule has 3 nitrogen and oxygen atoms in total. The van der Waals surface area contributed by atoms with Crippen LogP contribution in [0.1, 0.15) is 64.1 Å². The van der Waals surface area contributed by atoms with Gasteiger partial charge in [0.1, 0.15) is 5.69 Å². The summed E-state index contributed by atoms with van der Waals surface area (Å²) in [5.41, 5.74) is 0.397. The fraction of sp³-hybridized carbons (Fsp3) is 0.406. The van der Waals surface area contributed by atoms with Gasteiger partial charge in [-0.25, -0.2) is 17.6 Å². The van der Waals surface area contributed by atoms with Gasteiger partial charge in [0.15, 0.2) is 29.1 Å². The SMILES string of the molecule is C[C@@H]1C[C@H](C)CN(c2c(F)c(F)c([C@H]3Nc4ccc5ccccc5c4C4=C3C(=O)CC(C)(C)C4)c(F)c2F)C1. The summed E-state index contributed by atoms with van der Waals surface area (Å²) in [5.74, 6) is -5.77. The van der Waals surface area contributed by atoms with Crippen molar-refractivity contribution in [2.75, 3.05) is 23.3 Å². The van der Waals surface area contributed by atoms with Crippen LogP contribution in [0.15, 0.2) is 42.0 Å². The molecule has 204 valence electrons. The van der Waals surface area contributed by atoms with Crippen molar-refractivity contribution in [1.82, 2.24) is 0 Å². The number of piperidine rings is 1. The maximum Gasteiger partial charge on any atom is 0.185 e. The van der Waals surface area contributed by atoms with E-state index in [1.54, 1.807) is 6.07 Å². The third-order valence-electron chi connectivity index (χ3n) is 8.49. The third-order valence-corrected chi connectivity index (χ3v) is 8.49. The van der Waals surface area contributed by atoms with E-state index in [0.29, 0.717) is 30.8 Å². The number of nitrogens with one attached hydrogen (secondary N) is 1. The molecule has 2 heterocycles. The molecule has 1 N–H and O–H groups in total. The summed E-state index contributed by atoms with van der Waals surface area (Å²) in [6.45, 7) is 8.48. The first-order chi connectivity index (χ1) is 18.5. The van der Waals surface area contributed by atoms with E-state index < -0.39 is 40.6 Å². The van der Waals surface area contributed by atoms with Gasteiger partial charge in [-0.15, -0.1) is 0 Å². The zero-order valence-corrected chi connectivity index (χ0v) is 22.6. The molecule has 2 aliphatic heterocycles. The smallest absolute Gasteiger partial charge is 0.185 e. The highest BCUT2D eigenvalue weighted by molar-refractivity contribution is 6.12. The molecule has 39 heavy (non-hydrogen) atoms. The van der Waals surface area contributed by atoms with Gasteiger partial charge >= 0.3 is 0 Å². The lowest BCUT2D eigenvalue weighted by Gasteiger charge is -2.40. The Morgan fingerprint density at radius 2 is 1.51 bits per heavy atom. The molecular weight excluding hydrogens is 504 g/mol. The Kier molecular flexibility index (Phi) is 6.05. The molecule has 0 unspecified atom stereocenters. The number of hydrogen-bond donors (Lipinski definition) is 1. The summed E-state index contributed by atoms with van der Waals surface area (Å²) in [5, 5.41) is 4.97. The Balaban J connectivity index is 1.57. The summed E-state index contributed by atoms with van der Waals surface area (Å²) in [6.07, 6.45) is 1.53. The molecule has 1 fully saturated rings. The van der Waals surface area contributed by atoms with Crippen LogP contribution in [-0.2, 0) is 4.79 Å². The number of benzene rings is 3. The van der Waals surface area contributed by atoms with Crippen molar-refractivity contribution in [3.63, 3.8) is 0 Å². The van der Waals surface area contributed by atoms with Crippen LogP contribution in [0.4, 0.5) is 28.9 Å². The molecule has 7 heteroatoms. The summed E-state index contributed by atoms with van der Waals surface area (Å²) < 4.78 is 63.2.